The number of benzene rings is 1. The number of esters is 1. The number of anilines is 2. The number of nitrogens with one attached hydrogen (secondary N) is 1. The number of amides is 3. The lowest BCUT2D eigenvalue weighted by molar-refractivity contribution is -0.141. The van der Waals surface area contributed by atoms with Crippen molar-refractivity contribution in [3.8, 4) is 0 Å². The van der Waals surface area contributed by atoms with Crippen molar-refractivity contribution in [1.82, 2.24) is 24.6 Å². The molecular weight excluding hydrogens is 556 g/mol. The van der Waals surface area contributed by atoms with Crippen LogP contribution >= 0.6 is 0 Å². The molecule has 2 aliphatic rings. The Balaban J connectivity index is 1.17. The summed E-state index contributed by atoms with van der Waals surface area (Å²) in [4.78, 5) is 61.6. The van der Waals surface area contributed by atoms with Crippen molar-refractivity contribution in [1.29, 1.82) is 0 Å². The first-order valence-electron chi connectivity index (χ1n) is 13.3. The number of carbonyl (C=O) groups excluding carboxylic acids is 4. The molecule has 3 amide bonds. The first-order valence-corrected chi connectivity index (χ1v) is 13.3. The van der Waals surface area contributed by atoms with Crippen molar-refractivity contribution in [3.63, 3.8) is 0 Å². The largest absolute Gasteiger partial charge is 0.469 e. The quantitative estimate of drug-likeness (QED) is 0.392. The van der Waals surface area contributed by atoms with Crippen molar-refractivity contribution in [2.75, 3.05) is 49.6 Å². The Hall–Kier alpha value is -4.82. The molecule has 4 heterocycles. The molecule has 0 spiro atoms. The predicted octanol–water partition coefficient (Wildman–Crippen LogP) is 1.75. The van der Waals surface area contributed by atoms with E-state index < -0.39 is 41.7 Å². The molecule has 42 heavy (non-hydrogen) atoms. The van der Waals surface area contributed by atoms with Crippen molar-refractivity contribution < 1.29 is 37.4 Å². The minimum absolute atomic E-state index is 0.000845. The first kappa shape index (κ1) is 28.7. The fraction of sp³-hybridized carbons (Fsp3) is 0.407. The molecule has 15 heteroatoms. The van der Waals surface area contributed by atoms with E-state index in [1.807, 2.05) is 0 Å². The number of hydrogen-bond acceptors (Lipinski definition) is 9. The van der Waals surface area contributed by atoms with E-state index in [2.05, 4.69) is 20.0 Å². The summed E-state index contributed by atoms with van der Waals surface area (Å²) in [5, 5.41) is 2.64. The fourth-order valence-corrected chi connectivity index (χ4v) is 4.97. The zero-order valence-electron chi connectivity index (χ0n) is 23.0. The van der Waals surface area contributed by atoms with Crippen molar-refractivity contribution in [2.24, 2.45) is 0 Å². The lowest BCUT2D eigenvalue weighted by Gasteiger charge is -2.37. The predicted molar refractivity (Wildman–Crippen MR) is 144 cm³/mol. The second kappa shape index (κ2) is 12.0. The summed E-state index contributed by atoms with van der Waals surface area (Å²) >= 11 is 0. The summed E-state index contributed by atoms with van der Waals surface area (Å²) in [6.45, 7) is 2.26. The van der Waals surface area contributed by atoms with Crippen LogP contribution in [0.25, 0.3) is 5.78 Å². The maximum atomic E-state index is 15.2. The molecule has 1 aromatic carbocycles. The van der Waals surface area contributed by atoms with Crippen molar-refractivity contribution in [3.05, 3.63) is 54.1 Å². The molecule has 5 rings (SSSR count). The number of piperazine rings is 1. The SMILES string of the molecule is COC(=O)CC[C@H]1CN(c2cc(F)c(N3CCN(C(=O)[C@H](C)NC(=O)c4cn5cccnc5n4)CC3)c(F)c2)C(=O)O1. The van der Waals surface area contributed by atoms with Gasteiger partial charge in [0.25, 0.3) is 5.91 Å². The van der Waals surface area contributed by atoms with Gasteiger partial charge in [-0.25, -0.2) is 23.5 Å². The number of rotatable bonds is 8. The molecule has 0 radical (unpaired) electrons. The highest BCUT2D eigenvalue weighted by Gasteiger charge is 2.34. The normalized spacial score (nSPS) is 17.8. The zero-order chi connectivity index (χ0) is 30.0. The maximum Gasteiger partial charge on any atom is 0.414 e. The van der Waals surface area contributed by atoms with Gasteiger partial charge < -0.3 is 24.6 Å². The van der Waals surface area contributed by atoms with Crippen molar-refractivity contribution in [2.45, 2.75) is 31.9 Å². The molecule has 3 aromatic rings. The number of aromatic nitrogens is 3. The molecule has 13 nitrogen and oxygen atoms in total. The Kier molecular flexibility index (Phi) is 8.17. The smallest absolute Gasteiger partial charge is 0.414 e. The number of halogens is 2. The molecule has 222 valence electrons. The van der Waals surface area contributed by atoms with Gasteiger partial charge in [-0.05, 0) is 19.4 Å². The zero-order valence-corrected chi connectivity index (χ0v) is 23.0. The Labute approximate surface area is 239 Å². The van der Waals surface area contributed by atoms with E-state index >= 15 is 8.78 Å². The molecule has 2 atom stereocenters. The van der Waals surface area contributed by atoms with Gasteiger partial charge in [-0.2, -0.15) is 0 Å². The number of hydrogen-bond donors (Lipinski definition) is 1. The molecule has 0 bridgehead atoms. The maximum absolute atomic E-state index is 15.2. The van der Waals surface area contributed by atoms with E-state index in [9.17, 15) is 19.2 Å². The Bertz CT molecular complexity index is 1470. The standard InChI is InChI=1S/C27H29F2N7O6/c1-16(31-24(38)21-15-35-7-3-6-30-26(35)32-21)25(39)34-10-8-33(9-11-34)23-19(28)12-17(13-20(23)29)36-14-18(42-27(36)40)4-5-22(37)41-2/h3,6-7,12-13,15-16,18H,4-5,8-11,14H2,1-2H3,(H,31,38)/t16-,18-/m0/s1. The number of carbonyl (C=O) groups is 4. The molecule has 0 aliphatic carbocycles. The third-order valence-electron chi connectivity index (χ3n) is 7.18. The number of cyclic esters (lactones) is 1. The number of methoxy groups -OCH3 is 1. The summed E-state index contributed by atoms with van der Waals surface area (Å²) < 4.78 is 41.7. The summed E-state index contributed by atoms with van der Waals surface area (Å²) in [6, 6.07) is 2.97. The van der Waals surface area contributed by atoms with Gasteiger partial charge in [0, 0.05) is 63.3 Å². The minimum Gasteiger partial charge on any atom is -0.469 e. The average molecular weight is 586 g/mol. The first-order chi connectivity index (χ1) is 20.1. The number of ether oxygens (including phenoxy) is 2. The van der Waals surface area contributed by atoms with Crippen molar-refractivity contribution >= 4 is 41.0 Å². The monoisotopic (exact) mass is 585 g/mol. The minimum atomic E-state index is -0.863. The van der Waals surface area contributed by atoms with Gasteiger partial charge in [-0.3, -0.25) is 23.7 Å². The van der Waals surface area contributed by atoms with Crippen LogP contribution < -0.4 is 15.1 Å². The summed E-state index contributed by atoms with van der Waals surface area (Å²) in [7, 11) is 1.25. The molecule has 0 unspecified atom stereocenters. The van der Waals surface area contributed by atoms with E-state index in [0.29, 0.717) is 5.78 Å². The molecule has 2 aliphatic heterocycles. The van der Waals surface area contributed by atoms with Crippen LogP contribution in [0, 0.1) is 11.6 Å². The van der Waals surface area contributed by atoms with Crippen LogP contribution in [-0.4, -0.2) is 95.1 Å². The van der Waals surface area contributed by atoms with Crippen LogP contribution in [0.4, 0.5) is 25.0 Å². The van der Waals surface area contributed by atoms with Crippen LogP contribution in [0.2, 0.25) is 0 Å². The summed E-state index contributed by atoms with van der Waals surface area (Å²) in [5.74, 6) is -2.69. The average Bonchev–Trinajstić information content (AvgIpc) is 3.59. The Morgan fingerprint density at radius 2 is 1.88 bits per heavy atom. The topological polar surface area (TPSA) is 139 Å². The lowest BCUT2D eigenvalue weighted by atomic mass is 10.1. The van der Waals surface area contributed by atoms with Crippen LogP contribution in [0.15, 0.2) is 36.8 Å². The highest BCUT2D eigenvalue weighted by Crippen LogP contribution is 2.32. The van der Waals surface area contributed by atoms with E-state index in [0.717, 1.165) is 17.0 Å². The van der Waals surface area contributed by atoms with Gasteiger partial charge in [-0.15, -0.1) is 0 Å². The Morgan fingerprint density at radius 3 is 2.55 bits per heavy atom. The molecule has 2 aromatic heterocycles. The second-order valence-electron chi connectivity index (χ2n) is 9.95. The van der Waals surface area contributed by atoms with Crippen LogP contribution in [0.3, 0.4) is 0 Å². The third-order valence-corrected chi connectivity index (χ3v) is 7.18. The fourth-order valence-electron chi connectivity index (χ4n) is 4.97. The van der Waals surface area contributed by atoms with Gasteiger partial charge >= 0.3 is 12.1 Å². The van der Waals surface area contributed by atoms with Gasteiger partial charge in [-0.1, -0.05) is 0 Å². The number of nitrogens with zero attached hydrogens (tertiary/aromatic N) is 6. The van der Waals surface area contributed by atoms with Gasteiger partial charge in [0.15, 0.2) is 11.6 Å². The molecule has 2 saturated heterocycles. The second-order valence-corrected chi connectivity index (χ2v) is 9.95. The van der Waals surface area contributed by atoms with Crippen LogP contribution in [-0.2, 0) is 19.1 Å². The molecule has 1 N–H and O–H groups in total. The van der Waals surface area contributed by atoms with Gasteiger partial charge in [0.05, 0.1) is 19.3 Å². The van der Waals surface area contributed by atoms with E-state index in [-0.39, 0.29) is 68.5 Å². The summed E-state index contributed by atoms with van der Waals surface area (Å²) in [6.07, 6.45) is 3.66. The number of imidazole rings is 1. The van der Waals surface area contributed by atoms with Gasteiger partial charge in [0.2, 0.25) is 11.7 Å². The van der Waals surface area contributed by atoms with Crippen LogP contribution in [0.1, 0.15) is 30.3 Å². The Morgan fingerprint density at radius 1 is 1.17 bits per heavy atom. The highest BCUT2D eigenvalue weighted by molar-refractivity contribution is 5.96. The summed E-state index contributed by atoms with van der Waals surface area (Å²) in [5.41, 5.74) is -0.145. The molecular formula is C27H29F2N7O6. The van der Waals surface area contributed by atoms with Gasteiger partial charge in [0.1, 0.15) is 23.5 Å². The highest BCUT2D eigenvalue weighted by atomic mass is 19.1. The van der Waals surface area contributed by atoms with E-state index in [1.165, 1.54) is 23.1 Å². The lowest BCUT2D eigenvalue weighted by Crippen LogP contribution is -2.54. The van der Waals surface area contributed by atoms with E-state index in [1.54, 1.807) is 29.8 Å². The van der Waals surface area contributed by atoms with Crippen LogP contribution in [0.5, 0.6) is 0 Å². The third kappa shape index (κ3) is 5.94. The number of fused-ring (bicyclic) bond motifs is 1. The molecule has 2 fully saturated rings. The molecule has 0 saturated carbocycles. The van der Waals surface area contributed by atoms with E-state index in [4.69, 9.17) is 4.74 Å².